The Morgan fingerprint density at radius 3 is 2.30 bits per heavy atom. The van der Waals surface area contributed by atoms with Crippen LogP contribution in [0.4, 0.5) is 0 Å². The van der Waals surface area contributed by atoms with Crippen molar-refractivity contribution in [2.45, 2.75) is 20.3 Å². The summed E-state index contributed by atoms with van der Waals surface area (Å²) in [5.41, 5.74) is 0. The molecule has 3 heteroatoms. The second kappa shape index (κ2) is 5.35. The molecule has 0 fully saturated rings. The standard InChI is InChI=1S/C7H13NOS/c1-3-8(4-2)7(9)5-6-10/h6H,3-5H2,1-2H3. The fourth-order valence-electron chi connectivity index (χ4n) is 0.777. The van der Waals surface area contributed by atoms with E-state index in [9.17, 15) is 4.79 Å². The number of thiocarbonyl (C=S) groups is 1. The number of amides is 1. The minimum Gasteiger partial charge on any atom is -0.343 e. The zero-order valence-corrected chi connectivity index (χ0v) is 7.28. The fourth-order valence-corrected chi connectivity index (χ4v) is 0.919. The molecule has 0 spiro atoms. The van der Waals surface area contributed by atoms with Crippen molar-refractivity contribution in [3.63, 3.8) is 0 Å². The smallest absolute Gasteiger partial charge is 0.227 e. The van der Waals surface area contributed by atoms with Crippen molar-refractivity contribution in [1.29, 1.82) is 0 Å². The molecule has 0 aliphatic rings. The average molecular weight is 159 g/mol. The molecule has 0 N–H and O–H groups in total. The first-order chi connectivity index (χ1) is 4.76. The van der Waals surface area contributed by atoms with E-state index in [2.05, 4.69) is 12.2 Å². The van der Waals surface area contributed by atoms with E-state index in [0.717, 1.165) is 13.1 Å². The Hall–Kier alpha value is -0.440. The third-order valence-corrected chi connectivity index (χ3v) is 1.54. The zero-order chi connectivity index (χ0) is 7.98. The lowest BCUT2D eigenvalue weighted by Crippen LogP contribution is -2.30. The van der Waals surface area contributed by atoms with Gasteiger partial charge >= 0.3 is 0 Å². The molecule has 0 saturated heterocycles. The first-order valence-corrected chi connectivity index (χ1v) is 3.94. The number of carbonyl (C=O) groups is 1. The molecule has 0 rings (SSSR count). The van der Waals surface area contributed by atoms with Gasteiger partial charge in [-0.2, -0.15) is 0 Å². The molecule has 0 aromatic carbocycles. The van der Waals surface area contributed by atoms with Crippen LogP contribution in [0.2, 0.25) is 0 Å². The number of rotatable bonds is 4. The molecule has 0 atom stereocenters. The van der Waals surface area contributed by atoms with Crippen LogP contribution < -0.4 is 0 Å². The Balaban J connectivity index is 3.76. The minimum absolute atomic E-state index is 0.125. The molecule has 1 amide bonds. The van der Waals surface area contributed by atoms with Crippen molar-refractivity contribution in [1.82, 2.24) is 4.90 Å². The van der Waals surface area contributed by atoms with Gasteiger partial charge in [0.1, 0.15) is 0 Å². The fraction of sp³-hybridized carbons (Fsp3) is 0.714. The number of hydrogen-bond acceptors (Lipinski definition) is 2. The third kappa shape index (κ3) is 2.92. The Labute approximate surface area is 67.2 Å². The van der Waals surface area contributed by atoms with Gasteiger partial charge in [0, 0.05) is 13.1 Å². The van der Waals surface area contributed by atoms with Crippen molar-refractivity contribution in [2.24, 2.45) is 0 Å². The lowest BCUT2D eigenvalue weighted by molar-refractivity contribution is -0.129. The molecule has 0 radical (unpaired) electrons. The van der Waals surface area contributed by atoms with Crippen LogP contribution in [0.1, 0.15) is 20.3 Å². The van der Waals surface area contributed by atoms with Crippen LogP contribution >= 0.6 is 12.2 Å². The maximum absolute atomic E-state index is 11.0. The van der Waals surface area contributed by atoms with Gasteiger partial charge in [-0.15, -0.1) is 0 Å². The van der Waals surface area contributed by atoms with Crippen LogP contribution in [-0.2, 0) is 4.79 Å². The van der Waals surface area contributed by atoms with Gasteiger partial charge in [0.15, 0.2) is 0 Å². The van der Waals surface area contributed by atoms with Gasteiger partial charge in [0.25, 0.3) is 0 Å². The van der Waals surface area contributed by atoms with E-state index in [-0.39, 0.29) is 5.91 Å². The van der Waals surface area contributed by atoms with E-state index >= 15 is 0 Å². The lowest BCUT2D eigenvalue weighted by Gasteiger charge is -2.16. The summed E-state index contributed by atoms with van der Waals surface area (Å²) in [6.45, 7) is 5.48. The summed E-state index contributed by atoms with van der Waals surface area (Å²) in [7, 11) is 0. The van der Waals surface area contributed by atoms with Crippen LogP contribution in [-0.4, -0.2) is 29.3 Å². The van der Waals surface area contributed by atoms with Crippen LogP contribution in [0.5, 0.6) is 0 Å². The van der Waals surface area contributed by atoms with Gasteiger partial charge in [-0.05, 0) is 19.2 Å². The van der Waals surface area contributed by atoms with E-state index in [1.54, 1.807) is 4.90 Å². The highest BCUT2D eigenvalue weighted by Crippen LogP contribution is 1.90. The summed E-state index contributed by atoms with van der Waals surface area (Å²) >= 11 is 4.57. The van der Waals surface area contributed by atoms with Crippen molar-refractivity contribution >= 4 is 23.5 Å². The highest BCUT2D eigenvalue weighted by atomic mass is 32.1. The van der Waals surface area contributed by atoms with Crippen LogP contribution in [0.15, 0.2) is 0 Å². The highest BCUT2D eigenvalue weighted by molar-refractivity contribution is 7.79. The van der Waals surface area contributed by atoms with Crippen molar-refractivity contribution in [3.8, 4) is 0 Å². The van der Waals surface area contributed by atoms with E-state index in [4.69, 9.17) is 0 Å². The lowest BCUT2D eigenvalue weighted by atomic mass is 10.4. The predicted molar refractivity (Wildman–Crippen MR) is 46.2 cm³/mol. The zero-order valence-electron chi connectivity index (χ0n) is 6.46. The Kier molecular flexibility index (Phi) is 5.12. The predicted octanol–water partition coefficient (Wildman–Crippen LogP) is 1.24. The van der Waals surface area contributed by atoms with Crippen LogP contribution in [0.3, 0.4) is 0 Å². The van der Waals surface area contributed by atoms with Gasteiger partial charge in [0.05, 0.1) is 6.42 Å². The second-order valence-electron chi connectivity index (χ2n) is 1.94. The van der Waals surface area contributed by atoms with Gasteiger partial charge in [-0.3, -0.25) is 4.79 Å². The van der Waals surface area contributed by atoms with E-state index in [0.29, 0.717) is 6.42 Å². The molecule has 0 aromatic heterocycles. The summed E-state index contributed by atoms with van der Waals surface area (Å²) < 4.78 is 0. The highest BCUT2D eigenvalue weighted by Gasteiger charge is 2.05. The Bertz CT molecular complexity index is 121. The summed E-state index contributed by atoms with van der Waals surface area (Å²) in [5.74, 6) is 0.125. The number of nitrogens with zero attached hydrogens (tertiary/aromatic N) is 1. The maximum atomic E-state index is 11.0. The molecule has 58 valence electrons. The number of hydrogen-bond donors (Lipinski definition) is 0. The largest absolute Gasteiger partial charge is 0.343 e. The Morgan fingerprint density at radius 2 is 2.00 bits per heavy atom. The molecule has 0 aromatic rings. The summed E-state index contributed by atoms with van der Waals surface area (Å²) in [5, 5.41) is 1.47. The van der Waals surface area contributed by atoms with Crippen LogP contribution in [0, 0.1) is 0 Å². The molecule has 0 aliphatic carbocycles. The molecule has 0 aliphatic heterocycles. The summed E-state index contributed by atoms with van der Waals surface area (Å²) in [4.78, 5) is 12.8. The maximum Gasteiger partial charge on any atom is 0.227 e. The van der Waals surface area contributed by atoms with E-state index < -0.39 is 0 Å². The van der Waals surface area contributed by atoms with Crippen molar-refractivity contribution in [3.05, 3.63) is 0 Å². The minimum atomic E-state index is 0.125. The SMILES string of the molecule is CCN(CC)C(=O)CC=S. The summed E-state index contributed by atoms with van der Waals surface area (Å²) in [6.07, 6.45) is 0.386. The molecular weight excluding hydrogens is 146 g/mol. The summed E-state index contributed by atoms with van der Waals surface area (Å²) in [6, 6.07) is 0. The van der Waals surface area contributed by atoms with Gasteiger partial charge in [-0.1, -0.05) is 12.2 Å². The third-order valence-electron chi connectivity index (χ3n) is 1.37. The molecule has 0 bridgehead atoms. The van der Waals surface area contributed by atoms with Gasteiger partial charge in [0.2, 0.25) is 5.91 Å². The molecule has 0 unspecified atom stereocenters. The first-order valence-electron chi connectivity index (χ1n) is 3.47. The molecule has 0 saturated carbocycles. The normalized spacial score (nSPS) is 9.00. The topological polar surface area (TPSA) is 20.3 Å². The van der Waals surface area contributed by atoms with Crippen LogP contribution in [0.25, 0.3) is 0 Å². The number of carbonyl (C=O) groups excluding carboxylic acids is 1. The van der Waals surface area contributed by atoms with E-state index in [1.165, 1.54) is 5.37 Å². The molecule has 10 heavy (non-hydrogen) atoms. The first kappa shape index (κ1) is 9.56. The molecule has 0 heterocycles. The molecular formula is C7H13NOS. The van der Waals surface area contributed by atoms with Crippen molar-refractivity contribution in [2.75, 3.05) is 13.1 Å². The van der Waals surface area contributed by atoms with Crippen molar-refractivity contribution < 1.29 is 4.79 Å². The quantitative estimate of drug-likeness (QED) is 0.575. The monoisotopic (exact) mass is 159 g/mol. The van der Waals surface area contributed by atoms with Gasteiger partial charge < -0.3 is 4.90 Å². The Morgan fingerprint density at radius 1 is 1.50 bits per heavy atom. The second-order valence-corrected chi connectivity index (χ2v) is 2.27. The average Bonchev–Trinajstić information content (AvgIpc) is 1.91. The molecule has 2 nitrogen and oxygen atoms in total. The van der Waals surface area contributed by atoms with E-state index in [1.807, 2.05) is 13.8 Å². The van der Waals surface area contributed by atoms with Gasteiger partial charge in [-0.25, -0.2) is 0 Å².